The van der Waals surface area contributed by atoms with Crippen molar-refractivity contribution in [3.63, 3.8) is 0 Å². The largest absolute Gasteiger partial charge is 0.472 e. The standard InChI is InChI=1S/C21H44NO7P/c1-3-4-5-6-7-8-9-10-11-12-13-14-16-26-18-21(29-20(2)23)19-28-30(24,25)27-17-15-22/h21H,3-19,22H2,1-2H3,(H,24,25). The number of carbonyl (C=O) groups excluding carboxylic acids is 1. The first-order chi connectivity index (χ1) is 14.4. The molecule has 0 aliphatic carbocycles. The molecule has 30 heavy (non-hydrogen) atoms. The van der Waals surface area contributed by atoms with Crippen LogP contribution in [-0.4, -0.2) is 49.9 Å². The van der Waals surface area contributed by atoms with Crippen molar-refractivity contribution in [2.75, 3.05) is 33.0 Å². The molecule has 0 aliphatic rings. The number of carbonyl (C=O) groups is 1. The topological polar surface area (TPSA) is 117 Å². The van der Waals surface area contributed by atoms with E-state index in [1.807, 2.05) is 0 Å². The maximum atomic E-state index is 11.6. The molecule has 0 aromatic rings. The Morgan fingerprint density at radius 2 is 1.40 bits per heavy atom. The zero-order valence-electron chi connectivity index (χ0n) is 19.0. The Hall–Kier alpha value is -0.500. The molecule has 9 heteroatoms. The van der Waals surface area contributed by atoms with Gasteiger partial charge in [0.05, 0.1) is 19.8 Å². The van der Waals surface area contributed by atoms with Crippen LogP contribution in [0.15, 0.2) is 0 Å². The SMILES string of the molecule is CCCCCCCCCCCCCCOCC(COP(=O)(O)OCCN)OC(C)=O. The first-order valence-electron chi connectivity index (χ1n) is 11.5. The zero-order chi connectivity index (χ0) is 22.5. The maximum Gasteiger partial charge on any atom is 0.472 e. The van der Waals surface area contributed by atoms with Crippen LogP contribution in [-0.2, 0) is 27.9 Å². The first kappa shape index (κ1) is 29.5. The highest BCUT2D eigenvalue weighted by Gasteiger charge is 2.24. The van der Waals surface area contributed by atoms with Crippen LogP contribution in [0.2, 0.25) is 0 Å². The summed E-state index contributed by atoms with van der Waals surface area (Å²) in [7, 11) is -4.21. The summed E-state index contributed by atoms with van der Waals surface area (Å²) in [6, 6.07) is 0. The molecular weight excluding hydrogens is 409 g/mol. The van der Waals surface area contributed by atoms with Gasteiger partial charge in [-0.2, -0.15) is 0 Å². The smallest absolute Gasteiger partial charge is 0.458 e. The van der Waals surface area contributed by atoms with E-state index >= 15 is 0 Å². The van der Waals surface area contributed by atoms with Crippen molar-refractivity contribution in [1.82, 2.24) is 0 Å². The number of esters is 1. The molecule has 8 nitrogen and oxygen atoms in total. The Morgan fingerprint density at radius 3 is 1.90 bits per heavy atom. The van der Waals surface area contributed by atoms with Gasteiger partial charge in [0.15, 0.2) is 0 Å². The molecule has 0 rings (SSSR count). The number of rotatable bonds is 22. The summed E-state index contributed by atoms with van der Waals surface area (Å²) < 4.78 is 31.7. The summed E-state index contributed by atoms with van der Waals surface area (Å²) in [6.45, 7) is 3.89. The first-order valence-corrected chi connectivity index (χ1v) is 13.0. The molecule has 3 N–H and O–H groups in total. The molecule has 0 bridgehead atoms. The second kappa shape index (κ2) is 20.4. The quantitative estimate of drug-likeness (QED) is 0.137. The average molecular weight is 454 g/mol. The summed E-state index contributed by atoms with van der Waals surface area (Å²) in [5.74, 6) is -0.506. The molecule has 0 spiro atoms. The summed E-state index contributed by atoms with van der Waals surface area (Å²) in [5.41, 5.74) is 5.22. The van der Waals surface area contributed by atoms with Crippen LogP contribution >= 0.6 is 7.82 Å². The third-order valence-corrected chi connectivity index (χ3v) is 5.56. The van der Waals surface area contributed by atoms with Gasteiger partial charge >= 0.3 is 13.8 Å². The Bertz CT molecular complexity index is 451. The molecular formula is C21H44NO7P. The van der Waals surface area contributed by atoms with Gasteiger partial charge in [-0.25, -0.2) is 4.57 Å². The second-order valence-electron chi connectivity index (χ2n) is 7.58. The summed E-state index contributed by atoms with van der Waals surface area (Å²) in [5, 5.41) is 0. The lowest BCUT2D eigenvalue weighted by Gasteiger charge is -2.19. The van der Waals surface area contributed by atoms with E-state index in [1.54, 1.807) is 0 Å². The predicted octanol–water partition coefficient (Wildman–Crippen LogP) is 4.73. The third-order valence-electron chi connectivity index (χ3n) is 4.57. The Labute approximate surface area is 182 Å². The van der Waals surface area contributed by atoms with E-state index in [0.29, 0.717) is 6.61 Å². The molecule has 0 radical (unpaired) electrons. The number of ether oxygens (including phenoxy) is 2. The summed E-state index contributed by atoms with van der Waals surface area (Å²) >= 11 is 0. The van der Waals surface area contributed by atoms with Gasteiger partial charge in [0.25, 0.3) is 0 Å². The number of hydrogen-bond donors (Lipinski definition) is 2. The van der Waals surface area contributed by atoms with Crippen molar-refractivity contribution < 1.29 is 32.8 Å². The molecule has 0 aliphatic heterocycles. The van der Waals surface area contributed by atoms with Crippen molar-refractivity contribution in [2.24, 2.45) is 5.73 Å². The fourth-order valence-corrected chi connectivity index (χ4v) is 3.76. The lowest BCUT2D eigenvalue weighted by Crippen LogP contribution is -2.27. The minimum atomic E-state index is -4.21. The van der Waals surface area contributed by atoms with E-state index in [4.69, 9.17) is 19.7 Å². The molecule has 0 fully saturated rings. The number of hydrogen-bond acceptors (Lipinski definition) is 7. The second-order valence-corrected chi connectivity index (χ2v) is 9.04. The molecule has 0 aromatic carbocycles. The van der Waals surface area contributed by atoms with Gasteiger partial charge < -0.3 is 20.1 Å². The lowest BCUT2D eigenvalue weighted by atomic mass is 10.1. The van der Waals surface area contributed by atoms with Gasteiger partial charge in [-0.15, -0.1) is 0 Å². The van der Waals surface area contributed by atoms with Gasteiger partial charge in [-0.3, -0.25) is 13.8 Å². The third kappa shape index (κ3) is 20.8. The van der Waals surface area contributed by atoms with Crippen molar-refractivity contribution in [3.05, 3.63) is 0 Å². The minimum absolute atomic E-state index is 0.0958. The fraction of sp³-hybridized carbons (Fsp3) is 0.952. The molecule has 2 unspecified atom stereocenters. The van der Waals surface area contributed by atoms with Gasteiger partial charge in [-0.05, 0) is 6.42 Å². The normalized spacial score (nSPS) is 14.4. The molecule has 0 saturated carbocycles. The van der Waals surface area contributed by atoms with E-state index in [-0.39, 0.29) is 26.4 Å². The fourth-order valence-electron chi connectivity index (χ4n) is 2.99. The van der Waals surface area contributed by atoms with Crippen LogP contribution < -0.4 is 5.73 Å². The van der Waals surface area contributed by atoms with E-state index in [9.17, 15) is 14.3 Å². The van der Waals surface area contributed by atoms with Gasteiger partial charge in [0.1, 0.15) is 6.10 Å². The van der Waals surface area contributed by atoms with Crippen LogP contribution in [0.3, 0.4) is 0 Å². The monoisotopic (exact) mass is 453 g/mol. The summed E-state index contributed by atoms with van der Waals surface area (Å²) in [6.07, 6.45) is 14.5. The van der Waals surface area contributed by atoms with Gasteiger partial charge in [-0.1, -0.05) is 77.6 Å². The highest BCUT2D eigenvalue weighted by atomic mass is 31.2. The van der Waals surface area contributed by atoms with Crippen molar-refractivity contribution in [2.45, 2.75) is 97.0 Å². The van der Waals surface area contributed by atoms with Crippen LogP contribution in [0.4, 0.5) is 0 Å². The minimum Gasteiger partial charge on any atom is -0.458 e. The van der Waals surface area contributed by atoms with Crippen LogP contribution in [0.25, 0.3) is 0 Å². The number of unbranched alkanes of at least 4 members (excludes halogenated alkanes) is 11. The highest BCUT2D eigenvalue weighted by Crippen LogP contribution is 2.43. The van der Waals surface area contributed by atoms with E-state index < -0.39 is 19.9 Å². The molecule has 0 amide bonds. The van der Waals surface area contributed by atoms with Crippen molar-refractivity contribution in [3.8, 4) is 0 Å². The Balaban J connectivity index is 3.70. The highest BCUT2D eigenvalue weighted by molar-refractivity contribution is 7.47. The van der Waals surface area contributed by atoms with Crippen LogP contribution in [0.5, 0.6) is 0 Å². The number of phosphoric acid groups is 1. The molecule has 180 valence electrons. The predicted molar refractivity (Wildman–Crippen MR) is 118 cm³/mol. The lowest BCUT2D eigenvalue weighted by molar-refractivity contribution is -0.151. The molecule has 0 saturated heterocycles. The summed E-state index contributed by atoms with van der Waals surface area (Å²) in [4.78, 5) is 20.7. The van der Waals surface area contributed by atoms with E-state index in [0.717, 1.165) is 12.8 Å². The molecule has 2 atom stereocenters. The van der Waals surface area contributed by atoms with Gasteiger partial charge in [0, 0.05) is 20.1 Å². The van der Waals surface area contributed by atoms with E-state index in [2.05, 4.69) is 11.4 Å². The maximum absolute atomic E-state index is 11.6. The van der Waals surface area contributed by atoms with E-state index in [1.165, 1.54) is 71.1 Å². The number of nitrogens with two attached hydrogens (primary N) is 1. The average Bonchev–Trinajstić information content (AvgIpc) is 2.70. The van der Waals surface area contributed by atoms with Gasteiger partial charge in [0.2, 0.25) is 0 Å². The molecule has 0 aromatic heterocycles. The zero-order valence-corrected chi connectivity index (χ0v) is 19.9. The van der Waals surface area contributed by atoms with Crippen molar-refractivity contribution >= 4 is 13.8 Å². The van der Waals surface area contributed by atoms with Crippen molar-refractivity contribution in [1.29, 1.82) is 0 Å². The van der Waals surface area contributed by atoms with Crippen LogP contribution in [0, 0.1) is 0 Å². The molecule has 0 heterocycles. The Morgan fingerprint density at radius 1 is 0.867 bits per heavy atom. The Kier molecular flexibility index (Phi) is 20.1. The number of phosphoric ester groups is 1. The van der Waals surface area contributed by atoms with Crippen LogP contribution in [0.1, 0.15) is 90.9 Å².